The van der Waals surface area contributed by atoms with Crippen LogP contribution >= 0.6 is 17.0 Å². The SMILES string of the molecule is Br.CC1CNCCO1.[Zn]. The van der Waals surface area contributed by atoms with Crippen molar-refractivity contribution < 1.29 is 24.2 Å². The number of hydrogen-bond acceptors (Lipinski definition) is 2. The maximum absolute atomic E-state index is 5.22. The first-order chi connectivity index (χ1) is 3.39. The number of ether oxygens (including phenoxy) is 1. The molecular weight excluding hydrogens is 235 g/mol. The van der Waals surface area contributed by atoms with E-state index >= 15 is 0 Å². The van der Waals surface area contributed by atoms with Crippen molar-refractivity contribution in [2.45, 2.75) is 13.0 Å². The van der Waals surface area contributed by atoms with E-state index in [9.17, 15) is 0 Å². The van der Waals surface area contributed by atoms with Gasteiger partial charge in [0.25, 0.3) is 0 Å². The predicted molar refractivity (Wildman–Crippen MR) is 38.6 cm³/mol. The number of nitrogens with one attached hydrogen (secondary N) is 1. The van der Waals surface area contributed by atoms with Crippen LogP contribution in [0.15, 0.2) is 0 Å². The fourth-order valence-corrected chi connectivity index (χ4v) is 0.697. The van der Waals surface area contributed by atoms with Crippen LogP contribution in [0.5, 0.6) is 0 Å². The van der Waals surface area contributed by atoms with E-state index in [0.29, 0.717) is 6.10 Å². The van der Waals surface area contributed by atoms with Gasteiger partial charge in [-0.15, -0.1) is 17.0 Å². The van der Waals surface area contributed by atoms with Gasteiger partial charge in [0.15, 0.2) is 0 Å². The molecule has 1 unspecified atom stereocenters. The fraction of sp³-hybridized carbons (Fsp3) is 1.00. The van der Waals surface area contributed by atoms with Crippen LogP contribution in [0.4, 0.5) is 0 Å². The van der Waals surface area contributed by atoms with E-state index in [0.717, 1.165) is 19.7 Å². The Bertz CT molecular complexity index is 58.9. The van der Waals surface area contributed by atoms with E-state index in [2.05, 4.69) is 12.2 Å². The van der Waals surface area contributed by atoms with Crippen LogP contribution in [0.25, 0.3) is 0 Å². The molecule has 1 rings (SSSR count). The number of rotatable bonds is 0. The molecule has 0 bridgehead atoms. The summed E-state index contributed by atoms with van der Waals surface area (Å²) in [5, 5.41) is 3.21. The summed E-state index contributed by atoms with van der Waals surface area (Å²) in [6.07, 6.45) is 0.425. The number of morpholine rings is 1. The topological polar surface area (TPSA) is 21.3 Å². The first kappa shape index (κ1) is 12.7. The minimum atomic E-state index is 0. The van der Waals surface area contributed by atoms with E-state index < -0.39 is 0 Å². The van der Waals surface area contributed by atoms with Crippen LogP contribution in [0, 0.1) is 0 Å². The average Bonchev–Trinajstić information content (AvgIpc) is 1.69. The van der Waals surface area contributed by atoms with Gasteiger partial charge < -0.3 is 10.1 Å². The van der Waals surface area contributed by atoms with Crippen molar-refractivity contribution in [1.29, 1.82) is 0 Å². The minimum absolute atomic E-state index is 0. The van der Waals surface area contributed by atoms with Gasteiger partial charge in [-0.2, -0.15) is 0 Å². The zero-order valence-electron chi connectivity index (χ0n) is 5.72. The van der Waals surface area contributed by atoms with Crippen LogP contribution in [0.3, 0.4) is 0 Å². The van der Waals surface area contributed by atoms with Crippen molar-refractivity contribution in [3.63, 3.8) is 0 Å². The molecule has 1 aliphatic rings. The van der Waals surface area contributed by atoms with E-state index in [1.807, 2.05) is 0 Å². The van der Waals surface area contributed by atoms with Gasteiger partial charge in [0.1, 0.15) is 0 Å². The van der Waals surface area contributed by atoms with Crippen molar-refractivity contribution >= 4 is 17.0 Å². The maximum atomic E-state index is 5.22. The second-order valence-electron chi connectivity index (χ2n) is 1.89. The molecule has 0 aromatic rings. The van der Waals surface area contributed by atoms with Gasteiger partial charge >= 0.3 is 0 Å². The number of halogens is 1. The summed E-state index contributed by atoms with van der Waals surface area (Å²) in [4.78, 5) is 0. The quantitative estimate of drug-likeness (QED) is 0.632. The molecule has 0 amide bonds. The Kier molecular flexibility index (Phi) is 10.0. The molecular formula is C5H12BrNOZn. The predicted octanol–water partition coefficient (Wildman–Crippen LogP) is 0.570. The zero-order valence-corrected chi connectivity index (χ0v) is 10.4. The van der Waals surface area contributed by atoms with E-state index in [4.69, 9.17) is 4.74 Å². The Hall–Kier alpha value is 1.02. The van der Waals surface area contributed by atoms with Crippen molar-refractivity contribution in [1.82, 2.24) is 5.32 Å². The molecule has 1 N–H and O–H groups in total. The van der Waals surface area contributed by atoms with Crippen LogP contribution in [-0.4, -0.2) is 25.8 Å². The summed E-state index contributed by atoms with van der Waals surface area (Å²) >= 11 is 0. The van der Waals surface area contributed by atoms with E-state index in [-0.39, 0.29) is 36.5 Å². The summed E-state index contributed by atoms with van der Waals surface area (Å²) in [6.45, 7) is 4.98. The van der Waals surface area contributed by atoms with Crippen molar-refractivity contribution in [2.75, 3.05) is 19.7 Å². The first-order valence-electron chi connectivity index (χ1n) is 2.72. The minimum Gasteiger partial charge on any atom is -0.376 e. The molecule has 2 nitrogen and oxygen atoms in total. The molecule has 1 aliphatic heterocycles. The molecule has 0 radical (unpaired) electrons. The van der Waals surface area contributed by atoms with Gasteiger partial charge in [-0.3, -0.25) is 0 Å². The van der Waals surface area contributed by atoms with E-state index in [1.165, 1.54) is 0 Å². The standard InChI is InChI=1S/C5H11NO.BrH.Zn/c1-5-4-6-2-3-7-5;;/h5-6H,2-4H2,1H3;1H;. The van der Waals surface area contributed by atoms with Crippen LogP contribution < -0.4 is 5.32 Å². The molecule has 1 atom stereocenters. The third kappa shape index (κ3) is 5.47. The van der Waals surface area contributed by atoms with Crippen LogP contribution in [0.2, 0.25) is 0 Å². The van der Waals surface area contributed by atoms with Crippen LogP contribution in [-0.2, 0) is 24.2 Å². The molecule has 0 spiro atoms. The van der Waals surface area contributed by atoms with Crippen molar-refractivity contribution in [3.8, 4) is 0 Å². The van der Waals surface area contributed by atoms with Gasteiger partial charge in [0, 0.05) is 32.6 Å². The number of hydrogen-bond donors (Lipinski definition) is 1. The van der Waals surface area contributed by atoms with Gasteiger partial charge in [0.2, 0.25) is 0 Å². The zero-order chi connectivity index (χ0) is 5.11. The summed E-state index contributed by atoms with van der Waals surface area (Å²) < 4.78 is 5.22. The Morgan fingerprint density at radius 1 is 1.56 bits per heavy atom. The Morgan fingerprint density at radius 3 is 2.44 bits per heavy atom. The fourth-order valence-electron chi connectivity index (χ4n) is 0.697. The first-order valence-corrected chi connectivity index (χ1v) is 2.72. The van der Waals surface area contributed by atoms with Gasteiger partial charge in [-0.05, 0) is 6.92 Å². The van der Waals surface area contributed by atoms with Crippen LogP contribution in [0.1, 0.15) is 6.92 Å². The molecule has 1 heterocycles. The Morgan fingerprint density at radius 2 is 2.22 bits per heavy atom. The molecule has 0 aromatic heterocycles. The molecule has 9 heavy (non-hydrogen) atoms. The summed E-state index contributed by atoms with van der Waals surface area (Å²) in [7, 11) is 0. The monoisotopic (exact) mass is 245 g/mol. The average molecular weight is 247 g/mol. The maximum Gasteiger partial charge on any atom is 0.0672 e. The second-order valence-corrected chi connectivity index (χ2v) is 1.89. The Labute approximate surface area is 79.3 Å². The smallest absolute Gasteiger partial charge is 0.0672 e. The molecule has 4 heteroatoms. The molecule has 0 aromatic carbocycles. The van der Waals surface area contributed by atoms with Crippen molar-refractivity contribution in [3.05, 3.63) is 0 Å². The largest absolute Gasteiger partial charge is 0.376 e. The molecule has 1 saturated heterocycles. The summed E-state index contributed by atoms with van der Waals surface area (Å²) in [5.41, 5.74) is 0. The normalized spacial score (nSPS) is 25.7. The van der Waals surface area contributed by atoms with Gasteiger partial charge in [0.05, 0.1) is 12.7 Å². The van der Waals surface area contributed by atoms with E-state index in [1.54, 1.807) is 0 Å². The Balaban J connectivity index is 0. The van der Waals surface area contributed by atoms with Gasteiger partial charge in [-0.25, -0.2) is 0 Å². The third-order valence-corrected chi connectivity index (χ3v) is 1.11. The summed E-state index contributed by atoms with van der Waals surface area (Å²) in [6, 6.07) is 0. The summed E-state index contributed by atoms with van der Waals surface area (Å²) in [5.74, 6) is 0. The molecule has 0 saturated carbocycles. The molecule has 1 fully saturated rings. The third-order valence-electron chi connectivity index (χ3n) is 1.11. The molecule has 52 valence electrons. The van der Waals surface area contributed by atoms with Gasteiger partial charge in [-0.1, -0.05) is 0 Å². The molecule has 0 aliphatic carbocycles. The van der Waals surface area contributed by atoms with Crippen molar-refractivity contribution in [2.24, 2.45) is 0 Å². The second kappa shape index (κ2) is 7.13.